The molecular formula is C26H33N5O2S. The SMILES string of the molecule is Cc1cc(-c2[nH]c3ccc(C4CCN(CCS(C)(=O)=O)CC4)cc3c2C(C)C)cc2cnnn12. The van der Waals surface area contributed by atoms with Crippen molar-refractivity contribution in [3.05, 3.63) is 53.3 Å². The standard InChI is InChI=1S/C26H33N5O2S/c1-17(2)25-23-15-20(19-7-9-30(10-8-19)11-12-34(4,32)33)5-6-24(23)28-26(25)21-13-18(3)31-22(14-21)16-27-29-31/h5-6,13-17,19,28H,7-12H2,1-4H3. The Morgan fingerprint density at radius 2 is 1.91 bits per heavy atom. The number of pyridine rings is 1. The van der Waals surface area contributed by atoms with Crippen LogP contribution in [-0.4, -0.2) is 64.8 Å². The molecule has 1 aliphatic rings. The number of fused-ring (bicyclic) bond motifs is 2. The fraction of sp³-hybridized carbons (Fsp3) is 0.462. The van der Waals surface area contributed by atoms with Crippen LogP contribution in [-0.2, 0) is 9.84 Å². The number of H-pyrrole nitrogens is 1. The molecule has 1 aliphatic heterocycles. The van der Waals surface area contributed by atoms with Gasteiger partial charge in [-0.1, -0.05) is 25.1 Å². The molecule has 1 N–H and O–H groups in total. The van der Waals surface area contributed by atoms with Gasteiger partial charge >= 0.3 is 0 Å². The minimum absolute atomic E-state index is 0.244. The molecule has 4 heterocycles. The Morgan fingerprint density at radius 3 is 2.62 bits per heavy atom. The van der Waals surface area contributed by atoms with Gasteiger partial charge in [-0.25, -0.2) is 12.9 Å². The number of sulfone groups is 1. The highest BCUT2D eigenvalue weighted by molar-refractivity contribution is 7.90. The van der Waals surface area contributed by atoms with Gasteiger partial charge < -0.3 is 9.88 Å². The zero-order valence-electron chi connectivity index (χ0n) is 20.4. The molecule has 0 radical (unpaired) electrons. The minimum atomic E-state index is -2.91. The molecule has 8 heteroatoms. The molecule has 5 rings (SSSR count). The van der Waals surface area contributed by atoms with E-state index in [0.717, 1.165) is 48.2 Å². The maximum atomic E-state index is 11.5. The number of nitrogens with one attached hydrogen (secondary N) is 1. The van der Waals surface area contributed by atoms with Gasteiger partial charge in [-0.2, -0.15) is 0 Å². The van der Waals surface area contributed by atoms with Gasteiger partial charge in [-0.15, -0.1) is 5.10 Å². The molecule has 0 bridgehead atoms. The topological polar surface area (TPSA) is 83.4 Å². The van der Waals surface area contributed by atoms with Gasteiger partial charge in [0.15, 0.2) is 0 Å². The number of hydrogen-bond acceptors (Lipinski definition) is 5. The van der Waals surface area contributed by atoms with Crippen LogP contribution in [0.3, 0.4) is 0 Å². The highest BCUT2D eigenvalue weighted by atomic mass is 32.2. The fourth-order valence-electron chi connectivity index (χ4n) is 5.34. The highest BCUT2D eigenvalue weighted by Gasteiger charge is 2.23. The first-order valence-corrected chi connectivity index (χ1v) is 14.1. The molecule has 0 saturated carbocycles. The third kappa shape index (κ3) is 4.49. The molecule has 0 atom stereocenters. The quantitative estimate of drug-likeness (QED) is 0.439. The molecular weight excluding hydrogens is 446 g/mol. The van der Waals surface area contributed by atoms with Crippen molar-refractivity contribution in [2.45, 2.75) is 45.4 Å². The van der Waals surface area contributed by atoms with Crippen molar-refractivity contribution in [1.29, 1.82) is 0 Å². The molecule has 34 heavy (non-hydrogen) atoms. The van der Waals surface area contributed by atoms with Gasteiger partial charge in [-0.3, -0.25) is 0 Å². The number of benzene rings is 1. The average Bonchev–Trinajstić information content (AvgIpc) is 3.42. The lowest BCUT2D eigenvalue weighted by Crippen LogP contribution is -2.36. The normalized spacial score (nSPS) is 16.3. The Balaban J connectivity index is 1.45. The van der Waals surface area contributed by atoms with E-state index in [9.17, 15) is 8.42 Å². The van der Waals surface area contributed by atoms with Gasteiger partial charge in [0, 0.05) is 35.0 Å². The number of piperidine rings is 1. The predicted octanol–water partition coefficient (Wildman–Crippen LogP) is 4.53. The van der Waals surface area contributed by atoms with Crippen molar-refractivity contribution in [2.24, 2.45) is 0 Å². The Labute approximate surface area is 201 Å². The first kappa shape index (κ1) is 23.1. The number of nitrogens with zero attached hydrogens (tertiary/aromatic N) is 4. The monoisotopic (exact) mass is 479 g/mol. The van der Waals surface area contributed by atoms with E-state index in [1.54, 1.807) is 6.20 Å². The summed E-state index contributed by atoms with van der Waals surface area (Å²) in [5, 5.41) is 9.52. The van der Waals surface area contributed by atoms with Crippen LogP contribution in [0, 0.1) is 6.92 Å². The average molecular weight is 480 g/mol. The Kier molecular flexibility index (Phi) is 5.98. The number of likely N-dealkylation sites (tertiary alicyclic amines) is 1. The van der Waals surface area contributed by atoms with Crippen LogP contribution in [0.1, 0.15) is 55.3 Å². The summed E-state index contributed by atoms with van der Waals surface area (Å²) in [7, 11) is -2.91. The number of aromatic amines is 1. The Bertz CT molecular complexity index is 1440. The minimum Gasteiger partial charge on any atom is -0.354 e. The largest absolute Gasteiger partial charge is 0.354 e. The zero-order valence-corrected chi connectivity index (χ0v) is 21.2. The van der Waals surface area contributed by atoms with Crippen molar-refractivity contribution in [3.63, 3.8) is 0 Å². The van der Waals surface area contributed by atoms with Crippen LogP contribution in [0.4, 0.5) is 0 Å². The first-order chi connectivity index (χ1) is 16.2. The summed E-state index contributed by atoms with van der Waals surface area (Å²) >= 11 is 0. The smallest absolute Gasteiger partial charge is 0.148 e. The summed E-state index contributed by atoms with van der Waals surface area (Å²) in [6, 6.07) is 11.2. The van der Waals surface area contributed by atoms with Crippen LogP contribution in [0.5, 0.6) is 0 Å². The third-order valence-electron chi connectivity index (χ3n) is 7.14. The van der Waals surface area contributed by atoms with E-state index in [0.29, 0.717) is 18.4 Å². The summed E-state index contributed by atoms with van der Waals surface area (Å²) in [5.74, 6) is 1.12. The van der Waals surface area contributed by atoms with E-state index in [1.165, 1.54) is 28.5 Å². The Hall–Kier alpha value is -2.71. The Morgan fingerprint density at radius 1 is 1.15 bits per heavy atom. The van der Waals surface area contributed by atoms with Gasteiger partial charge in [-0.05, 0) is 80.1 Å². The highest BCUT2D eigenvalue weighted by Crippen LogP contribution is 2.38. The van der Waals surface area contributed by atoms with Crippen LogP contribution in [0.15, 0.2) is 36.5 Å². The maximum Gasteiger partial charge on any atom is 0.148 e. The molecule has 0 amide bonds. The summed E-state index contributed by atoms with van der Waals surface area (Å²) in [5.41, 5.74) is 8.27. The molecule has 180 valence electrons. The lowest BCUT2D eigenvalue weighted by molar-refractivity contribution is 0.223. The molecule has 0 spiro atoms. The number of aromatic nitrogens is 4. The van der Waals surface area contributed by atoms with Crippen molar-refractivity contribution in [1.82, 2.24) is 24.7 Å². The number of hydrogen-bond donors (Lipinski definition) is 1. The fourth-order valence-corrected chi connectivity index (χ4v) is 5.93. The third-order valence-corrected chi connectivity index (χ3v) is 8.07. The molecule has 0 unspecified atom stereocenters. The van der Waals surface area contributed by atoms with Crippen LogP contribution >= 0.6 is 0 Å². The summed E-state index contributed by atoms with van der Waals surface area (Å²) in [4.78, 5) is 5.98. The molecule has 4 aromatic rings. The lowest BCUT2D eigenvalue weighted by Gasteiger charge is -2.32. The maximum absolute atomic E-state index is 11.5. The van der Waals surface area contributed by atoms with E-state index >= 15 is 0 Å². The van der Waals surface area contributed by atoms with Gasteiger partial charge in [0.2, 0.25) is 0 Å². The molecule has 1 fully saturated rings. The molecule has 7 nitrogen and oxygen atoms in total. The van der Waals surface area contributed by atoms with Crippen LogP contribution < -0.4 is 0 Å². The van der Waals surface area contributed by atoms with E-state index in [4.69, 9.17) is 0 Å². The zero-order chi connectivity index (χ0) is 24.0. The van der Waals surface area contributed by atoms with Crippen LogP contribution in [0.2, 0.25) is 0 Å². The van der Waals surface area contributed by atoms with Crippen molar-refractivity contribution in [3.8, 4) is 11.3 Å². The van der Waals surface area contributed by atoms with E-state index in [1.807, 2.05) is 4.52 Å². The van der Waals surface area contributed by atoms with Gasteiger partial charge in [0.1, 0.15) is 9.84 Å². The summed E-state index contributed by atoms with van der Waals surface area (Å²) in [6.07, 6.45) is 5.24. The summed E-state index contributed by atoms with van der Waals surface area (Å²) in [6.45, 7) is 9.11. The molecule has 1 saturated heterocycles. The number of aryl methyl sites for hydroxylation is 1. The first-order valence-electron chi connectivity index (χ1n) is 12.1. The van der Waals surface area contributed by atoms with Crippen molar-refractivity contribution < 1.29 is 8.42 Å². The summed E-state index contributed by atoms with van der Waals surface area (Å²) < 4.78 is 24.9. The second-order valence-electron chi connectivity index (χ2n) is 10.1. The van der Waals surface area contributed by atoms with E-state index in [-0.39, 0.29) is 5.75 Å². The second-order valence-corrected chi connectivity index (χ2v) is 12.3. The van der Waals surface area contributed by atoms with Gasteiger partial charge in [0.05, 0.1) is 23.2 Å². The van der Waals surface area contributed by atoms with Crippen molar-refractivity contribution >= 4 is 26.3 Å². The van der Waals surface area contributed by atoms with Gasteiger partial charge in [0.25, 0.3) is 0 Å². The lowest BCUT2D eigenvalue weighted by atomic mass is 9.87. The second kappa shape index (κ2) is 8.82. The molecule has 1 aromatic carbocycles. The van der Waals surface area contributed by atoms with Crippen LogP contribution in [0.25, 0.3) is 27.7 Å². The van der Waals surface area contributed by atoms with E-state index < -0.39 is 9.84 Å². The molecule has 3 aromatic heterocycles. The molecule has 0 aliphatic carbocycles. The predicted molar refractivity (Wildman–Crippen MR) is 137 cm³/mol. The van der Waals surface area contributed by atoms with E-state index in [2.05, 4.69) is 71.3 Å². The van der Waals surface area contributed by atoms with Crippen molar-refractivity contribution in [2.75, 3.05) is 31.6 Å². The number of rotatable bonds is 6.